The van der Waals surface area contributed by atoms with Crippen molar-refractivity contribution in [3.8, 4) is 11.3 Å². The summed E-state index contributed by atoms with van der Waals surface area (Å²) in [6, 6.07) is 19.4. The third kappa shape index (κ3) is 4.20. The smallest absolute Gasteiger partial charge is 0.0960 e. The van der Waals surface area contributed by atoms with E-state index in [0.29, 0.717) is 5.92 Å². The monoisotopic (exact) mass is 509 g/mol. The van der Waals surface area contributed by atoms with E-state index >= 15 is 0 Å². The number of pyridine rings is 1. The molecule has 0 spiro atoms. The van der Waals surface area contributed by atoms with Crippen molar-refractivity contribution in [3.63, 3.8) is 0 Å². The Morgan fingerprint density at radius 2 is 1.82 bits per heavy atom. The van der Waals surface area contributed by atoms with E-state index in [4.69, 9.17) is 9.72 Å². The minimum absolute atomic E-state index is 0.101. The lowest BCUT2D eigenvalue weighted by atomic mass is 9.86. The maximum atomic E-state index is 10.9. The van der Waals surface area contributed by atoms with Crippen molar-refractivity contribution in [1.82, 2.24) is 24.5 Å². The SMILES string of the molecule is CCc1nnn(C)c1-c1cnc2c3ccc(C(C)(C)O)cc3n([C@H](c3ccccc3)C3CCOCC3)c2c1. The van der Waals surface area contributed by atoms with E-state index in [1.165, 1.54) is 5.56 Å². The van der Waals surface area contributed by atoms with E-state index in [2.05, 4.69) is 70.3 Å². The zero-order valence-electron chi connectivity index (χ0n) is 22.6. The molecule has 3 aromatic heterocycles. The van der Waals surface area contributed by atoms with Crippen molar-refractivity contribution in [2.75, 3.05) is 13.2 Å². The van der Waals surface area contributed by atoms with Crippen molar-refractivity contribution in [3.05, 3.63) is 77.6 Å². The van der Waals surface area contributed by atoms with Gasteiger partial charge in [0, 0.05) is 37.4 Å². The zero-order chi connectivity index (χ0) is 26.4. The molecule has 4 heterocycles. The first-order valence-corrected chi connectivity index (χ1v) is 13.5. The van der Waals surface area contributed by atoms with E-state index in [9.17, 15) is 5.11 Å². The summed E-state index contributed by atoms with van der Waals surface area (Å²) in [5, 5.41) is 20.7. The summed E-state index contributed by atoms with van der Waals surface area (Å²) >= 11 is 0. The fourth-order valence-corrected chi connectivity index (χ4v) is 6.02. The van der Waals surface area contributed by atoms with Crippen LogP contribution < -0.4 is 0 Å². The van der Waals surface area contributed by atoms with Gasteiger partial charge in [0.2, 0.25) is 0 Å². The molecule has 1 N–H and O–H groups in total. The van der Waals surface area contributed by atoms with E-state index in [0.717, 1.165) is 76.9 Å². The van der Waals surface area contributed by atoms with Gasteiger partial charge in [-0.15, -0.1) is 5.10 Å². The Bertz CT molecular complexity index is 1590. The molecule has 0 radical (unpaired) electrons. The van der Waals surface area contributed by atoms with Gasteiger partial charge in [-0.3, -0.25) is 4.98 Å². The van der Waals surface area contributed by atoms with Gasteiger partial charge in [-0.2, -0.15) is 0 Å². The van der Waals surface area contributed by atoms with Crippen LogP contribution in [0.25, 0.3) is 33.2 Å². The molecule has 7 heteroatoms. The second kappa shape index (κ2) is 9.64. The van der Waals surface area contributed by atoms with Crippen LogP contribution in [0.3, 0.4) is 0 Å². The van der Waals surface area contributed by atoms with Crippen molar-refractivity contribution in [2.24, 2.45) is 13.0 Å². The van der Waals surface area contributed by atoms with Crippen molar-refractivity contribution < 1.29 is 9.84 Å². The molecule has 0 aliphatic carbocycles. The minimum Gasteiger partial charge on any atom is -0.386 e. The summed E-state index contributed by atoms with van der Waals surface area (Å²) in [5.74, 6) is 0.406. The van der Waals surface area contributed by atoms with Crippen LogP contribution in [0, 0.1) is 5.92 Å². The molecule has 0 saturated carbocycles. The second-order valence-corrected chi connectivity index (χ2v) is 10.9. The molecular formula is C31H35N5O2. The normalized spacial score (nSPS) is 15.9. The Balaban J connectivity index is 1.69. The van der Waals surface area contributed by atoms with Crippen LogP contribution in [-0.2, 0) is 23.8 Å². The average Bonchev–Trinajstić information content (AvgIpc) is 3.46. The van der Waals surface area contributed by atoms with Gasteiger partial charge in [-0.05, 0) is 62.3 Å². The Kier molecular flexibility index (Phi) is 6.28. The van der Waals surface area contributed by atoms with Crippen LogP contribution in [0.1, 0.15) is 56.5 Å². The number of aromatic nitrogens is 5. The standard InChI is InChI=1S/C31H35N5O2/c1-5-25-30(35(4)34-33-25)22-17-27-28(32-19-22)24-12-11-23(31(2,3)37)18-26(24)36(27)29(20-9-7-6-8-10-20)21-13-15-38-16-14-21/h6-12,17-19,21,29,37H,5,13-16H2,1-4H3/t29-/m1/s1. The highest BCUT2D eigenvalue weighted by Gasteiger charge is 2.31. The molecule has 38 heavy (non-hydrogen) atoms. The van der Waals surface area contributed by atoms with Crippen LogP contribution in [0.5, 0.6) is 0 Å². The molecule has 1 aliphatic rings. The predicted molar refractivity (Wildman–Crippen MR) is 150 cm³/mol. The highest BCUT2D eigenvalue weighted by atomic mass is 16.5. The molecular weight excluding hydrogens is 474 g/mol. The van der Waals surface area contributed by atoms with Crippen LogP contribution in [-0.4, -0.2) is 42.9 Å². The van der Waals surface area contributed by atoms with E-state index in [-0.39, 0.29) is 6.04 Å². The number of hydrogen-bond donors (Lipinski definition) is 1. The molecule has 0 bridgehead atoms. The lowest BCUT2D eigenvalue weighted by Crippen LogP contribution is -2.27. The topological polar surface area (TPSA) is 78.0 Å². The molecule has 1 aliphatic heterocycles. The largest absolute Gasteiger partial charge is 0.386 e. The van der Waals surface area contributed by atoms with Gasteiger partial charge in [0.15, 0.2) is 0 Å². The fraction of sp³-hybridized carbons (Fsp3) is 0.387. The number of hydrogen-bond acceptors (Lipinski definition) is 5. The van der Waals surface area contributed by atoms with Gasteiger partial charge in [-0.1, -0.05) is 54.6 Å². The first kappa shape index (κ1) is 24.8. The molecule has 196 valence electrons. The highest BCUT2D eigenvalue weighted by molar-refractivity contribution is 6.07. The quantitative estimate of drug-likeness (QED) is 0.313. The number of nitrogens with zero attached hydrogens (tertiary/aromatic N) is 5. The number of rotatable bonds is 6. The van der Waals surface area contributed by atoms with Gasteiger partial charge in [0.25, 0.3) is 0 Å². The number of ether oxygens (including phenoxy) is 1. The predicted octanol–water partition coefficient (Wildman–Crippen LogP) is 5.79. The van der Waals surface area contributed by atoms with E-state index in [1.807, 2.05) is 37.8 Å². The van der Waals surface area contributed by atoms with Gasteiger partial charge in [0.05, 0.1) is 39.6 Å². The van der Waals surface area contributed by atoms with Crippen LogP contribution in [0.4, 0.5) is 0 Å². The van der Waals surface area contributed by atoms with E-state index < -0.39 is 5.60 Å². The highest BCUT2D eigenvalue weighted by Crippen LogP contribution is 2.42. The molecule has 6 rings (SSSR count). The Morgan fingerprint density at radius 1 is 1.05 bits per heavy atom. The molecule has 0 unspecified atom stereocenters. The van der Waals surface area contributed by atoms with Crippen molar-refractivity contribution in [1.29, 1.82) is 0 Å². The Morgan fingerprint density at radius 3 is 2.53 bits per heavy atom. The first-order chi connectivity index (χ1) is 18.4. The van der Waals surface area contributed by atoms with Crippen LogP contribution >= 0.6 is 0 Å². The number of fused-ring (bicyclic) bond motifs is 3. The summed E-state index contributed by atoms with van der Waals surface area (Å²) in [6.45, 7) is 7.32. The van der Waals surface area contributed by atoms with Crippen molar-refractivity contribution in [2.45, 2.75) is 51.7 Å². The maximum absolute atomic E-state index is 10.9. The lowest BCUT2D eigenvalue weighted by molar-refractivity contribution is 0.0552. The fourth-order valence-electron chi connectivity index (χ4n) is 6.02. The van der Waals surface area contributed by atoms with Crippen LogP contribution in [0.2, 0.25) is 0 Å². The number of aryl methyl sites for hydroxylation is 2. The minimum atomic E-state index is -0.953. The third-order valence-electron chi connectivity index (χ3n) is 7.98. The number of benzene rings is 2. The number of aliphatic hydroxyl groups is 1. The summed E-state index contributed by atoms with van der Waals surface area (Å²) < 4.78 is 10.1. The molecule has 2 aromatic carbocycles. The first-order valence-electron chi connectivity index (χ1n) is 13.5. The summed E-state index contributed by atoms with van der Waals surface area (Å²) in [7, 11) is 1.94. The van der Waals surface area contributed by atoms with Crippen LogP contribution in [0.15, 0.2) is 60.8 Å². The lowest BCUT2D eigenvalue weighted by Gasteiger charge is -2.33. The molecule has 1 saturated heterocycles. The molecule has 0 amide bonds. The molecule has 1 fully saturated rings. The van der Waals surface area contributed by atoms with E-state index in [1.54, 1.807) is 0 Å². The molecule has 5 aromatic rings. The third-order valence-corrected chi connectivity index (χ3v) is 7.98. The second-order valence-electron chi connectivity index (χ2n) is 10.9. The average molecular weight is 510 g/mol. The van der Waals surface area contributed by atoms with Gasteiger partial charge < -0.3 is 14.4 Å². The maximum Gasteiger partial charge on any atom is 0.0960 e. The summed E-state index contributed by atoms with van der Waals surface area (Å²) in [5.41, 5.74) is 7.30. The van der Waals surface area contributed by atoms with Crippen molar-refractivity contribution >= 4 is 21.9 Å². The molecule has 7 nitrogen and oxygen atoms in total. The zero-order valence-corrected chi connectivity index (χ0v) is 22.6. The van der Waals surface area contributed by atoms with Gasteiger partial charge in [0.1, 0.15) is 0 Å². The Labute approximate surface area is 223 Å². The van der Waals surface area contributed by atoms with Gasteiger partial charge >= 0.3 is 0 Å². The summed E-state index contributed by atoms with van der Waals surface area (Å²) in [4.78, 5) is 5.04. The van der Waals surface area contributed by atoms with Gasteiger partial charge in [-0.25, -0.2) is 4.68 Å². The Hall–Kier alpha value is -3.55. The summed E-state index contributed by atoms with van der Waals surface area (Å²) in [6.07, 6.45) is 4.73. The molecule has 1 atom stereocenters.